The van der Waals surface area contributed by atoms with E-state index in [1.807, 2.05) is 13.0 Å². The van der Waals surface area contributed by atoms with E-state index in [-0.39, 0.29) is 25.2 Å². The number of nitrogens with zero attached hydrogens (tertiary/aromatic N) is 1. The Hall–Kier alpha value is -2.31. The molecule has 4 N–H and O–H groups in total. The summed E-state index contributed by atoms with van der Waals surface area (Å²) < 4.78 is 41.8. The third-order valence-corrected chi connectivity index (χ3v) is 10.1. The Morgan fingerprint density at radius 1 is 1.04 bits per heavy atom. The summed E-state index contributed by atoms with van der Waals surface area (Å²) in [5.74, 6) is -2.23. The molecule has 3 heterocycles. The number of aliphatic hydroxyl groups excluding tert-OH is 3. The molecule has 298 valence electrons. The van der Waals surface area contributed by atoms with Crippen molar-refractivity contribution in [1.82, 2.24) is 4.90 Å². The Balaban J connectivity index is 1.93. The maximum Gasteiger partial charge on any atom is 0.308 e. The summed E-state index contributed by atoms with van der Waals surface area (Å²) in [6, 6.07) is -0.749. The fourth-order valence-corrected chi connectivity index (χ4v) is 7.43. The van der Waals surface area contributed by atoms with E-state index in [0.717, 1.165) is 0 Å². The highest BCUT2D eigenvalue weighted by Gasteiger charge is 2.52. The number of rotatable bonds is 9. The van der Waals surface area contributed by atoms with Gasteiger partial charge >= 0.3 is 11.9 Å². The molecule has 16 atom stereocenters. The van der Waals surface area contributed by atoms with E-state index < -0.39 is 110 Å². The van der Waals surface area contributed by atoms with Crippen molar-refractivity contribution in [3.8, 4) is 0 Å². The molecule has 0 saturated carbocycles. The van der Waals surface area contributed by atoms with Crippen LogP contribution >= 0.6 is 0 Å². The van der Waals surface area contributed by atoms with Crippen LogP contribution in [0.2, 0.25) is 0 Å². The van der Waals surface area contributed by atoms with Crippen LogP contribution in [-0.2, 0) is 47.5 Å². The van der Waals surface area contributed by atoms with Crippen LogP contribution in [0.3, 0.4) is 0 Å². The van der Waals surface area contributed by atoms with Gasteiger partial charge in [0, 0.05) is 33.3 Å². The van der Waals surface area contributed by atoms with E-state index in [0.29, 0.717) is 12.7 Å². The van der Waals surface area contributed by atoms with Crippen LogP contribution in [0.25, 0.3) is 0 Å². The van der Waals surface area contributed by atoms with Gasteiger partial charge in [-0.2, -0.15) is 0 Å². The topological polar surface area (TPSA) is 200 Å². The summed E-state index contributed by atoms with van der Waals surface area (Å²) in [5.41, 5.74) is -1.47. The first kappa shape index (κ1) is 44.1. The molecule has 0 aromatic rings. The lowest BCUT2D eigenvalue weighted by molar-refractivity contribution is -0.344. The summed E-state index contributed by atoms with van der Waals surface area (Å²) in [6.07, 6.45) is -4.09. The van der Waals surface area contributed by atoms with Gasteiger partial charge in [-0.05, 0) is 60.0 Å². The van der Waals surface area contributed by atoms with Crippen molar-refractivity contribution in [3.05, 3.63) is 24.3 Å². The van der Waals surface area contributed by atoms with Crippen molar-refractivity contribution in [2.75, 3.05) is 21.2 Å². The molecule has 3 aliphatic rings. The fraction of sp³-hybridized carbons (Fsp3) is 0.811. The number of cyclic esters (lactones) is 1. The molecule has 3 aliphatic heterocycles. The Morgan fingerprint density at radius 3 is 2.33 bits per heavy atom. The molecule has 2 fully saturated rings. The minimum absolute atomic E-state index is 0.0335. The smallest absolute Gasteiger partial charge is 0.308 e. The van der Waals surface area contributed by atoms with Crippen LogP contribution in [0, 0.1) is 11.8 Å². The van der Waals surface area contributed by atoms with Crippen LogP contribution < -0.4 is 0 Å². The van der Waals surface area contributed by atoms with Gasteiger partial charge in [-0.15, -0.1) is 0 Å². The number of methoxy groups -OCH3 is 1. The van der Waals surface area contributed by atoms with Crippen LogP contribution in [0.4, 0.5) is 0 Å². The zero-order valence-corrected chi connectivity index (χ0v) is 31.9. The number of carbonyl (C=O) groups is 3. The first-order valence-corrected chi connectivity index (χ1v) is 18.1. The number of carbonyl (C=O) groups excluding carboxylic acids is 3. The van der Waals surface area contributed by atoms with Gasteiger partial charge in [0.05, 0.1) is 43.0 Å². The number of allylic oxidation sites excluding steroid dienone is 2. The molecule has 15 nitrogen and oxygen atoms in total. The predicted octanol–water partition coefficient (Wildman–Crippen LogP) is 1.42. The number of aliphatic hydroxyl groups is 4. The molecule has 0 bridgehead atoms. The van der Waals surface area contributed by atoms with E-state index in [1.54, 1.807) is 58.0 Å². The van der Waals surface area contributed by atoms with E-state index in [9.17, 15) is 34.8 Å². The molecule has 0 aromatic carbocycles. The van der Waals surface area contributed by atoms with Crippen LogP contribution in [-0.4, -0.2) is 150 Å². The van der Waals surface area contributed by atoms with Crippen LogP contribution in [0.5, 0.6) is 0 Å². The summed E-state index contributed by atoms with van der Waals surface area (Å²) in [4.78, 5) is 38.4. The summed E-state index contributed by atoms with van der Waals surface area (Å²) in [7, 11) is 4.84. The van der Waals surface area contributed by atoms with E-state index in [2.05, 4.69) is 0 Å². The minimum atomic E-state index is -1.47. The standard InChI is InChI=1S/C37H61NO14/c1-20-17-25(15-16-39)33(34(46-9)27(42)18-28(43)47-21(2)13-11-10-12-14-26(20)41)52-36-31(44)30(38(7)8)32(22(3)49-36)51-29-19-37(6,45)35(23(4)48-29)50-24(5)40/h10-12,14,16,20-23,25-27,29-36,41-42,44-45H,13,15,17-19H2,1-9H3/b11-10-,14-12-/t20-,21-,22-,23+,25+,26+,27-,29+,30-,31-,32-,33+,34+,35+,36+,37-/m1/s1. The number of ether oxygens (including phenoxy) is 7. The lowest BCUT2D eigenvalue weighted by atomic mass is 9.82. The van der Waals surface area contributed by atoms with Gasteiger partial charge in [0.25, 0.3) is 0 Å². The maximum atomic E-state index is 12.9. The molecule has 15 heteroatoms. The molecule has 0 aliphatic carbocycles. The van der Waals surface area contributed by atoms with Crippen LogP contribution in [0.1, 0.15) is 73.6 Å². The lowest BCUT2D eigenvalue weighted by Gasteiger charge is -2.50. The number of likely N-dealkylation sites (N-methyl/N-ethyl adjacent to an activating group) is 1. The second-order valence-electron chi connectivity index (χ2n) is 14.9. The Bertz CT molecular complexity index is 1210. The first-order valence-electron chi connectivity index (χ1n) is 18.1. The van der Waals surface area contributed by atoms with Gasteiger partial charge in [-0.3, -0.25) is 9.59 Å². The summed E-state index contributed by atoms with van der Waals surface area (Å²) in [6.45, 7) is 9.74. The monoisotopic (exact) mass is 743 g/mol. The Morgan fingerprint density at radius 2 is 1.73 bits per heavy atom. The molecule has 3 rings (SSSR count). The average Bonchev–Trinajstić information content (AvgIpc) is 3.03. The van der Waals surface area contributed by atoms with Crippen molar-refractivity contribution in [2.24, 2.45) is 11.8 Å². The van der Waals surface area contributed by atoms with Gasteiger partial charge in [0.1, 0.15) is 36.3 Å². The van der Waals surface area contributed by atoms with Crippen molar-refractivity contribution >= 4 is 18.2 Å². The number of hydrogen-bond acceptors (Lipinski definition) is 15. The van der Waals surface area contributed by atoms with Crippen molar-refractivity contribution < 1.29 is 68.0 Å². The van der Waals surface area contributed by atoms with E-state index >= 15 is 0 Å². The van der Waals surface area contributed by atoms with E-state index in [4.69, 9.17) is 33.2 Å². The van der Waals surface area contributed by atoms with Gasteiger partial charge in [0.15, 0.2) is 18.7 Å². The van der Waals surface area contributed by atoms with Crippen molar-refractivity contribution in [3.63, 3.8) is 0 Å². The molecule has 0 radical (unpaired) electrons. The third-order valence-electron chi connectivity index (χ3n) is 10.1. The zero-order chi connectivity index (χ0) is 38.9. The molecule has 52 heavy (non-hydrogen) atoms. The quantitative estimate of drug-likeness (QED) is 0.195. The van der Waals surface area contributed by atoms with Crippen molar-refractivity contribution in [1.29, 1.82) is 0 Å². The van der Waals surface area contributed by atoms with E-state index in [1.165, 1.54) is 21.0 Å². The molecule has 0 amide bonds. The predicted molar refractivity (Wildman–Crippen MR) is 187 cm³/mol. The molecule has 0 unspecified atom stereocenters. The average molecular weight is 744 g/mol. The van der Waals surface area contributed by atoms with Gasteiger partial charge in [-0.25, -0.2) is 0 Å². The van der Waals surface area contributed by atoms with Crippen LogP contribution in [0.15, 0.2) is 24.3 Å². The summed E-state index contributed by atoms with van der Waals surface area (Å²) >= 11 is 0. The number of hydrogen-bond donors (Lipinski definition) is 4. The van der Waals surface area contributed by atoms with Crippen molar-refractivity contribution in [2.45, 2.75) is 159 Å². The SMILES string of the molecule is CO[C@@H]1[C@@H](O[C@@H]2O[C@H](C)[C@@H](O[C@H]3C[C@@](C)(O)[C@@H](OC(C)=O)[C@H](C)O3)[C@H](N(C)C)[C@H]2O)[C@@H](CC=O)C[C@@H](C)[C@@H](O)/C=C\C=C/C[C@@H](C)OC(=O)C[C@H]1O. The van der Waals surface area contributed by atoms with Gasteiger partial charge in [0.2, 0.25) is 0 Å². The largest absolute Gasteiger partial charge is 0.462 e. The second kappa shape index (κ2) is 19.9. The normalized spacial score (nSPS) is 44.0. The summed E-state index contributed by atoms with van der Waals surface area (Å²) in [5, 5.41) is 45.4. The highest BCUT2D eigenvalue weighted by atomic mass is 16.7. The van der Waals surface area contributed by atoms with Gasteiger partial charge in [-0.1, -0.05) is 31.2 Å². The molecular weight excluding hydrogens is 682 g/mol. The van der Waals surface area contributed by atoms with Gasteiger partial charge < -0.3 is 63.3 Å². The third kappa shape index (κ3) is 11.8. The number of aldehydes is 1. The highest BCUT2D eigenvalue weighted by Crippen LogP contribution is 2.37. The second-order valence-corrected chi connectivity index (χ2v) is 14.9. The zero-order valence-electron chi connectivity index (χ0n) is 31.9. The Kier molecular flexibility index (Phi) is 16.8. The first-order chi connectivity index (χ1) is 24.4. The highest BCUT2D eigenvalue weighted by molar-refractivity contribution is 5.70. The maximum absolute atomic E-state index is 12.9. The fourth-order valence-electron chi connectivity index (χ4n) is 7.43. The number of esters is 2. The molecule has 0 spiro atoms. The lowest BCUT2D eigenvalue weighted by Crippen LogP contribution is -2.66. The molecule has 0 aromatic heterocycles. The Labute approximate surface area is 307 Å². The molecule has 2 saturated heterocycles. The minimum Gasteiger partial charge on any atom is -0.462 e. The molecular formula is C37H61NO14.